The highest BCUT2D eigenvalue weighted by atomic mass is 16.5. The van der Waals surface area contributed by atoms with Gasteiger partial charge in [-0.25, -0.2) is 0 Å². The first-order valence-electron chi connectivity index (χ1n) is 8.18. The molecule has 1 saturated heterocycles. The number of ether oxygens (including phenoxy) is 1. The molecule has 1 aromatic rings. The van der Waals surface area contributed by atoms with Crippen LogP contribution in [-0.2, 0) is 10.2 Å². The Kier molecular flexibility index (Phi) is 5.83. The molecule has 1 unspecified atom stereocenters. The van der Waals surface area contributed by atoms with Crippen LogP contribution < -0.4 is 15.4 Å². The Morgan fingerprint density at radius 1 is 1.41 bits per heavy atom. The van der Waals surface area contributed by atoms with Gasteiger partial charge in [0.1, 0.15) is 12.4 Å². The normalized spacial score (nSPS) is 18.2. The Bertz CT molecular complexity index is 488. The monoisotopic (exact) mass is 304 g/mol. The number of hydrogen-bond donors (Lipinski definition) is 2. The molecule has 4 heteroatoms. The molecule has 0 spiro atoms. The van der Waals surface area contributed by atoms with Crippen LogP contribution in [-0.4, -0.2) is 31.6 Å². The quantitative estimate of drug-likeness (QED) is 0.794. The molecule has 22 heavy (non-hydrogen) atoms. The topological polar surface area (TPSA) is 50.4 Å². The largest absolute Gasteiger partial charge is 0.492 e. The van der Waals surface area contributed by atoms with Crippen molar-refractivity contribution in [2.45, 2.75) is 51.5 Å². The third-order valence-electron chi connectivity index (χ3n) is 3.99. The van der Waals surface area contributed by atoms with E-state index in [9.17, 15) is 4.79 Å². The van der Waals surface area contributed by atoms with Crippen LogP contribution in [0, 0.1) is 0 Å². The van der Waals surface area contributed by atoms with Crippen molar-refractivity contribution in [2.75, 3.05) is 19.7 Å². The molecule has 1 amide bonds. The summed E-state index contributed by atoms with van der Waals surface area (Å²) in [6.45, 7) is 8.63. The molecule has 1 aliphatic rings. The van der Waals surface area contributed by atoms with Crippen molar-refractivity contribution in [3.05, 3.63) is 29.8 Å². The average molecular weight is 304 g/mol. The van der Waals surface area contributed by atoms with E-state index < -0.39 is 0 Å². The molecule has 2 rings (SSSR count). The van der Waals surface area contributed by atoms with Gasteiger partial charge < -0.3 is 15.4 Å². The molecule has 2 N–H and O–H groups in total. The highest BCUT2D eigenvalue weighted by molar-refractivity contribution is 5.76. The molecule has 1 aliphatic heterocycles. The van der Waals surface area contributed by atoms with Gasteiger partial charge in [-0.1, -0.05) is 32.9 Å². The van der Waals surface area contributed by atoms with Gasteiger partial charge in [-0.2, -0.15) is 0 Å². The first-order valence-corrected chi connectivity index (χ1v) is 8.18. The lowest BCUT2D eigenvalue weighted by molar-refractivity contribution is -0.121. The highest BCUT2D eigenvalue weighted by Crippen LogP contribution is 2.25. The summed E-state index contributed by atoms with van der Waals surface area (Å²) in [6, 6.07) is 8.51. The van der Waals surface area contributed by atoms with Gasteiger partial charge in [0.05, 0.1) is 6.54 Å². The Hall–Kier alpha value is -1.55. The van der Waals surface area contributed by atoms with Crippen LogP contribution in [0.5, 0.6) is 5.75 Å². The van der Waals surface area contributed by atoms with Crippen molar-refractivity contribution < 1.29 is 9.53 Å². The number of carbonyl (C=O) groups is 1. The van der Waals surface area contributed by atoms with E-state index in [0.717, 1.165) is 18.7 Å². The summed E-state index contributed by atoms with van der Waals surface area (Å²) in [5.74, 6) is 0.963. The van der Waals surface area contributed by atoms with Crippen LogP contribution in [0.3, 0.4) is 0 Å². The van der Waals surface area contributed by atoms with Crippen molar-refractivity contribution in [3.63, 3.8) is 0 Å². The van der Waals surface area contributed by atoms with E-state index in [0.29, 0.717) is 25.6 Å². The number of hydrogen-bond acceptors (Lipinski definition) is 3. The minimum atomic E-state index is 0.103. The average Bonchev–Trinajstić information content (AvgIpc) is 2.96. The molecule has 0 bridgehead atoms. The van der Waals surface area contributed by atoms with Crippen LogP contribution in [0.25, 0.3) is 0 Å². The van der Waals surface area contributed by atoms with Crippen LogP contribution in [0.1, 0.15) is 45.6 Å². The van der Waals surface area contributed by atoms with Crippen molar-refractivity contribution in [1.29, 1.82) is 0 Å². The van der Waals surface area contributed by atoms with Crippen molar-refractivity contribution in [3.8, 4) is 5.75 Å². The fourth-order valence-electron chi connectivity index (χ4n) is 2.64. The Morgan fingerprint density at radius 2 is 2.23 bits per heavy atom. The van der Waals surface area contributed by atoms with E-state index >= 15 is 0 Å². The van der Waals surface area contributed by atoms with Gasteiger partial charge in [0.25, 0.3) is 0 Å². The molecule has 0 radical (unpaired) electrons. The smallest absolute Gasteiger partial charge is 0.221 e. The summed E-state index contributed by atoms with van der Waals surface area (Å²) in [5, 5.41) is 6.25. The van der Waals surface area contributed by atoms with Crippen LogP contribution in [0.4, 0.5) is 0 Å². The Morgan fingerprint density at radius 3 is 2.91 bits per heavy atom. The zero-order valence-electron chi connectivity index (χ0n) is 13.9. The van der Waals surface area contributed by atoms with E-state index in [1.165, 1.54) is 12.0 Å². The predicted octanol–water partition coefficient (Wildman–Crippen LogP) is 2.62. The van der Waals surface area contributed by atoms with Crippen LogP contribution in [0.15, 0.2) is 24.3 Å². The molecular weight excluding hydrogens is 276 g/mol. The van der Waals surface area contributed by atoms with Gasteiger partial charge in [-0.05, 0) is 42.5 Å². The van der Waals surface area contributed by atoms with E-state index in [-0.39, 0.29) is 11.3 Å². The number of benzene rings is 1. The SMILES string of the molecule is CC(C)(C)c1cccc(OCCNC(=O)CC2CCCN2)c1. The molecule has 1 fully saturated rings. The number of nitrogens with one attached hydrogen (secondary N) is 2. The van der Waals surface area contributed by atoms with Crippen molar-refractivity contribution in [2.24, 2.45) is 0 Å². The molecule has 0 aromatic heterocycles. The van der Waals surface area contributed by atoms with Crippen LogP contribution in [0.2, 0.25) is 0 Å². The second kappa shape index (κ2) is 7.63. The fourth-order valence-corrected chi connectivity index (χ4v) is 2.64. The molecule has 0 aliphatic carbocycles. The lowest BCUT2D eigenvalue weighted by atomic mass is 9.87. The molecule has 4 nitrogen and oxygen atoms in total. The maximum absolute atomic E-state index is 11.8. The molecular formula is C18H28N2O2. The van der Waals surface area contributed by atoms with Gasteiger partial charge in [-0.3, -0.25) is 4.79 Å². The standard InChI is InChI=1S/C18H28N2O2/c1-18(2,3)14-6-4-8-16(12-14)22-11-10-20-17(21)13-15-7-5-9-19-15/h4,6,8,12,15,19H,5,7,9-11,13H2,1-3H3,(H,20,21). The van der Waals surface area contributed by atoms with E-state index in [1.807, 2.05) is 12.1 Å². The second-order valence-corrected chi connectivity index (χ2v) is 6.97. The van der Waals surface area contributed by atoms with Crippen LogP contribution >= 0.6 is 0 Å². The summed E-state index contributed by atoms with van der Waals surface area (Å²) in [7, 11) is 0. The van der Waals surface area contributed by atoms with E-state index in [4.69, 9.17) is 4.74 Å². The minimum Gasteiger partial charge on any atom is -0.492 e. The van der Waals surface area contributed by atoms with E-state index in [2.05, 4.69) is 43.5 Å². The zero-order valence-corrected chi connectivity index (χ0v) is 13.9. The lowest BCUT2D eigenvalue weighted by Gasteiger charge is -2.19. The minimum absolute atomic E-state index is 0.103. The fraction of sp³-hybridized carbons (Fsp3) is 0.611. The predicted molar refractivity (Wildman–Crippen MR) is 89.3 cm³/mol. The summed E-state index contributed by atoms with van der Waals surface area (Å²) < 4.78 is 5.73. The maximum atomic E-state index is 11.8. The summed E-state index contributed by atoms with van der Waals surface area (Å²) in [5.41, 5.74) is 1.36. The number of rotatable bonds is 6. The number of amides is 1. The first kappa shape index (κ1) is 16.8. The Labute approximate surface area is 133 Å². The Balaban J connectivity index is 1.69. The summed E-state index contributed by atoms with van der Waals surface area (Å²) in [6.07, 6.45) is 2.84. The highest BCUT2D eigenvalue weighted by Gasteiger charge is 2.17. The van der Waals surface area contributed by atoms with Gasteiger partial charge >= 0.3 is 0 Å². The van der Waals surface area contributed by atoms with Gasteiger partial charge in [0.2, 0.25) is 5.91 Å². The van der Waals surface area contributed by atoms with E-state index in [1.54, 1.807) is 0 Å². The van der Waals surface area contributed by atoms with Gasteiger partial charge in [-0.15, -0.1) is 0 Å². The molecule has 0 saturated carbocycles. The number of carbonyl (C=O) groups excluding carboxylic acids is 1. The van der Waals surface area contributed by atoms with Crippen molar-refractivity contribution in [1.82, 2.24) is 10.6 Å². The maximum Gasteiger partial charge on any atom is 0.221 e. The third kappa shape index (κ3) is 5.34. The summed E-state index contributed by atoms with van der Waals surface area (Å²) in [4.78, 5) is 11.8. The zero-order chi connectivity index (χ0) is 16.0. The van der Waals surface area contributed by atoms with Gasteiger partial charge in [0, 0.05) is 12.5 Å². The lowest BCUT2D eigenvalue weighted by Crippen LogP contribution is -2.33. The van der Waals surface area contributed by atoms with Crippen molar-refractivity contribution >= 4 is 5.91 Å². The summed E-state index contributed by atoms with van der Waals surface area (Å²) >= 11 is 0. The molecule has 122 valence electrons. The first-order chi connectivity index (χ1) is 10.4. The second-order valence-electron chi connectivity index (χ2n) is 6.97. The molecule has 1 aromatic carbocycles. The van der Waals surface area contributed by atoms with Gasteiger partial charge in [0.15, 0.2) is 0 Å². The molecule has 1 atom stereocenters. The third-order valence-corrected chi connectivity index (χ3v) is 3.99. The molecule has 1 heterocycles.